The number of nitrogens with one attached hydrogen (secondary N) is 1. The van der Waals surface area contributed by atoms with Crippen molar-refractivity contribution in [2.45, 2.75) is 19.6 Å². The van der Waals surface area contributed by atoms with Crippen molar-refractivity contribution < 1.29 is 22.4 Å². The predicted octanol–water partition coefficient (Wildman–Crippen LogP) is 4.34. The molecule has 1 aromatic carbocycles. The van der Waals surface area contributed by atoms with E-state index in [1.807, 2.05) is 0 Å². The number of hydrogen-bond acceptors (Lipinski definition) is 6. The standard InChI is InChI=1S/C24H18F4N8O/c1-13-17(23(37)34-20-10-35(12-32-20)9-14-2-4-16(25)5-3-14)6-15(8-30-13)19-7-18(24(26,27)28)21-22(29)31-11-33-36(19)21/h2-8,10-12H,9H2,1H3,(H,34,37)(H2,29,31,33). The van der Waals surface area contributed by atoms with Gasteiger partial charge in [0.1, 0.15) is 17.7 Å². The van der Waals surface area contributed by atoms with Gasteiger partial charge in [-0.25, -0.2) is 18.9 Å². The van der Waals surface area contributed by atoms with Gasteiger partial charge in [-0.1, -0.05) is 12.1 Å². The van der Waals surface area contributed by atoms with Gasteiger partial charge in [0.25, 0.3) is 5.91 Å². The number of amides is 1. The fourth-order valence-electron chi connectivity index (χ4n) is 3.89. The molecule has 9 nitrogen and oxygen atoms in total. The van der Waals surface area contributed by atoms with Gasteiger partial charge < -0.3 is 15.6 Å². The van der Waals surface area contributed by atoms with Crippen LogP contribution < -0.4 is 11.1 Å². The van der Waals surface area contributed by atoms with Gasteiger partial charge in [-0.2, -0.15) is 18.3 Å². The Morgan fingerprint density at radius 1 is 1.11 bits per heavy atom. The Morgan fingerprint density at radius 3 is 2.59 bits per heavy atom. The topological polar surface area (TPSA) is 116 Å². The van der Waals surface area contributed by atoms with Crippen molar-refractivity contribution in [2.75, 3.05) is 11.1 Å². The normalized spacial score (nSPS) is 11.7. The first-order valence-electron chi connectivity index (χ1n) is 10.8. The summed E-state index contributed by atoms with van der Waals surface area (Å²) in [5, 5.41) is 6.59. The van der Waals surface area contributed by atoms with Crippen molar-refractivity contribution in [2.24, 2.45) is 0 Å². The van der Waals surface area contributed by atoms with Crippen LogP contribution in [0.5, 0.6) is 0 Å². The molecule has 0 bridgehead atoms. The molecule has 0 unspecified atom stereocenters. The van der Waals surface area contributed by atoms with E-state index in [1.165, 1.54) is 30.7 Å². The lowest BCUT2D eigenvalue weighted by molar-refractivity contribution is -0.136. The number of benzene rings is 1. The Kier molecular flexibility index (Phi) is 5.82. The minimum absolute atomic E-state index is 0.0431. The molecule has 0 aliphatic heterocycles. The number of nitrogens with two attached hydrogens (primary N) is 1. The molecule has 0 fully saturated rings. The lowest BCUT2D eigenvalue weighted by atomic mass is 10.1. The summed E-state index contributed by atoms with van der Waals surface area (Å²) in [6.45, 7) is 2.01. The number of halogens is 4. The maximum absolute atomic E-state index is 13.7. The van der Waals surface area contributed by atoms with E-state index in [9.17, 15) is 22.4 Å². The molecule has 4 aromatic heterocycles. The second-order valence-corrected chi connectivity index (χ2v) is 8.22. The van der Waals surface area contributed by atoms with Crippen molar-refractivity contribution in [3.8, 4) is 11.3 Å². The number of hydrogen-bond donors (Lipinski definition) is 2. The summed E-state index contributed by atoms with van der Waals surface area (Å²) in [6.07, 6.45) is 0.806. The average molecular weight is 510 g/mol. The molecule has 0 radical (unpaired) electrons. The van der Waals surface area contributed by atoms with Crippen LogP contribution in [0.3, 0.4) is 0 Å². The van der Waals surface area contributed by atoms with Crippen LogP contribution in [-0.4, -0.2) is 35.0 Å². The number of aromatic nitrogens is 6. The van der Waals surface area contributed by atoms with E-state index in [-0.39, 0.29) is 39.8 Å². The molecule has 0 atom stereocenters. The second kappa shape index (κ2) is 9.00. The Labute approximate surface area is 206 Å². The third-order valence-corrected chi connectivity index (χ3v) is 5.67. The molecule has 37 heavy (non-hydrogen) atoms. The van der Waals surface area contributed by atoms with Gasteiger partial charge >= 0.3 is 6.18 Å². The van der Waals surface area contributed by atoms with Crippen LogP contribution in [0.25, 0.3) is 16.8 Å². The number of pyridine rings is 1. The third kappa shape index (κ3) is 4.70. The van der Waals surface area contributed by atoms with Gasteiger partial charge in [-0.05, 0) is 36.8 Å². The summed E-state index contributed by atoms with van der Waals surface area (Å²) in [7, 11) is 0. The Balaban J connectivity index is 1.44. The lowest BCUT2D eigenvalue weighted by Crippen LogP contribution is -2.14. The van der Waals surface area contributed by atoms with Crippen LogP contribution in [0.1, 0.15) is 27.2 Å². The van der Waals surface area contributed by atoms with Crippen molar-refractivity contribution in [3.05, 3.63) is 89.6 Å². The number of imidazole rings is 1. The highest BCUT2D eigenvalue weighted by Crippen LogP contribution is 2.38. The lowest BCUT2D eigenvalue weighted by Gasteiger charge is -2.08. The molecular weight excluding hydrogens is 492 g/mol. The highest BCUT2D eigenvalue weighted by Gasteiger charge is 2.36. The van der Waals surface area contributed by atoms with Crippen LogP contribution >= 0.6 is 0 Å². The Bertz CT molecular complexity index is 1620. The monoisotopic (exact) mass is 510 g/mol. The zero-order valence-electron chi connectivity index (χ0n) is 19.2. The minimum atomic E-state index is -4.70. The van der Waals surface area contributed by atoms with E-state index in [2.05, 4.69) is 25.4 Å². The zero-order valence-corrected chi connectivity index (χ0v) is 19.2. The second-order valence-electron chi connectivity index (χ2n) is 8.22. The molecule has 5 rings (SSSR count). The van der Waals surface area contributed by atoms with E-state index < -0.39 is 17.6 Å². The number of carbonyl (C=O) groups is 1. The van der Waals surface area contributed by atoms with Gasteiger partial charge in [0.05, 0.1) is 28.8 Å². The third-order valence-electron chi connectivity index (χ3n) is 5.67. The fraction of sp³-hybridized carbons (Fsp3) is 0.125. The maximum Gasteiger partial charge on any atom is 0.418 e. The number of nitrogens with zero attached hydrogens (tertiary/aromatic N) is 6. The molecule has 188 valence electrons. The molecule has 13 heteroatoms. The average Bonchev–Trinajstić information content (AvgIpc) is 3.46. The minimum Gasteiger partial charge on any atom is -0.382 e. The summed E-state index contributed by atoms with van der Waals surface area (Å²) in [5.41, 5.74) is 5.93. The first kappa shape index (κ1) is 23.9. The summed E-state index contributed by atoms with van der Waals surface area (Å²) in [6, 6.07) is 8.30. The number of carbonyl (C=O) groups excluding carboxylic acids is 1. The predicted molar refractivity (Wildman–Crippen MR) is 126 cm³/mol. The summed E-state index contributed by atoms with van der Waals surface area (Å²) < 4.78 is 56.9. The molecule has 0 aliphatic carbocycles. The van der Waals surface area contributed by atoms with Gasteiger partial charge in [0.2, 0.25) is 0 Å². The number of alkyl halides is 3. The first-order valence-corrected chi connectivity index (χ1v) is 10.8. The van der Waals surface area contributed by atoms with E-state index in [4.69, 9.17) is 5.73 Å². The molecular formula is C24H18F4N8O. The van der Waals surface area contributed by atoms with Gasteiger partial charge in [0.15, 0.2) is 11.6 Å². The van der Waals surface area contributed by atoms with Crippen LogP contribution in [0.15, 0.2) is 61.4 Å². The van der Waals surface area contributed by atoms with Crippen molar-refractivity contribution in [1.82, 2.24) is 29.1 Å². The van der Waals surface area contributed by atoms with Crippen LogP contribution in [0.2, 0.25) is 0 Å². The quantitative estimate of drug-likeness (QED) is 0.340. The number of aryl methyl sites for hydroxylation is 1. The summed E-state index contributed by atoms with van der Waals surface area (Å²) in [4.78, 5) is 25.1. The number of anilines is 2. The van der Waals surface area contributed by atoms with Crippen LogP contribution in [0, 0.1) is 12.7 Å². The first-order chi connectivity index (χ1) is 17.6. The molecule has 0 saturated heterocycles. The van der Waals surface area contributed by atoms with E-state index in [0.29, 0.717) is 12.2 Å². The van der Waals surface area contributed by atoms with Gasteiger partial charge in [0, 0.05) is 24.5 Å². The highest BCUT2D eigenvalue weighted by molar-refractivity contribution is 6.05. The van der Waals surface area contributed by atoms with E-state index in [0.717, 1.165) is 22.5 Å². The van der Waals surface area contributed by atoms with Crippen molar-refractivity contribution in [3.63, 3.8) is 0 Å². The summed E-state index contributed by atoms with van der Waals surface area (Å²) in [5.74, 6) is -0.968. The maximum atomic E-state index is 13.7. The molecule has 0 aliphatic rings. The van der Waals surface area contributed by atoms with E-state index in [1.54, 1.807) is 29.8 Å². The zero-order chi connectivity index (χ0) is 26.3. The van der Waals surface area contributed by atoms with Crippen LogP contribution in [-0.2, 0) is 12.7 Å². The fourth-order valence-corrected chi connectivity index (χ4v) is 3.89. The van der Waals surface area contributed by atoms with Gasteiger partial charge in [-0.3, -0.25) is 9.78 Å². The molecule has 0 spiro atoms. The Morgan fingerprint density at radius 2 is 1.86 bits per heavy atom. The Hall–Kier alpha value is -4.81. The van der Waals surface area contributed by atoms with Crippen molar-refractivity contribution >= 4 is 23.1 Å². The SMILES string of the molecule is Cc1ncc(-c2cc(C(F)(F)F)c3c(N)ncnn23)cc1C(=O)Nc1cn(Cc2ccc(F)cc2)cn1. The number of rotatable bonds is 5. The number of fused-ring (bicyclic) bond motifs is 1. The smallest absolute Gasteiger partial charge is 0.382 e. The number of nitrogen functional groups attached to an aromatic ring is 1. The molecule has 0 saturated carbocycles. The largest absolute Gasteiger partial charge is 0.418 e. The molecule has 1 amide bonds. The highest BCUT2D eigenvalue weighted by atomic mass is 19.4. The summed E-state index contributed by atoms with van der Waals surface area (Å²) >= 11 is 0. The van der Waals surface area contributed by atoms with E-state index >= 15 is 0 Å². The molecule has 3 N–H and O–H groups in total. The van der Waals surface area contributed by atoms with Gasteiger partial charge in [-0.15, -0.1) is 0 Å². The molecule has 4 heterocycles. The van der Waals surface area contributed by atoms with Crippen molar-refractivity contribution in [1.29, 1.82) is 0 Å². The van der Waals surface area contributed by atoms with Crippen LogP contribution in [0.4, 0.5) is 29.2 Å². The molecule has 5 aromatic rings.